The van der Waals surface area contributed by atoms with E-state index < -0.39 is 0 Å². The first-order valence-corrected chi connectivity index (χ1v) is 9.15. The smallest absolute Gasteiger partial charge is 0.0199 e. The molecule has 21 heavy (non-hydrogen) atoms. The van der Waals surface area contributed by atoms with Crippen LogP contribution in [0.2, 0.25) is 0 Å². The summed E-state index contributed by atoms with van der Waals surface area (Å²) in [5.41, 5.74) is 0.534. The molecule has 1 aliphatic carbocycles. The molecule has 1 aliphatic rings. The van der Waals surface area contributed by atoms with Crippen molar-refractivity contribution in [3.8, 4) is 0 Å². The molecule has 0 heterocycles. The molecule has 2 nitrogen and oxygen atoms in total. The molecular formula is C19H40N2. The van der Waals surface area contributed by atoms with Crippen molar-refractivity contribution in [2.24, 2.45) is 17.3 Å². The standard InChI is InChI=1S/C19H40N2/c1-8-19(4,5)16-9-11-17(12-10-16)20-18(13-15(2)3)14-21(6)7/h15-18,20H,8-14H2,1-7H3. The molecule has 0 amide bonds. The van der Waals surface area contributed by atoms with Crippen molar-refractivity contribution in [3.63, 3.8) is 0 Å². The normalized spacial score (nSPS) is 25.6. The highest BCUT2D eigenvalue weighted by Crippen LogP contribution is 2.40. The van der Waals surface area contributed by atoms with E-state index in [0.29, 0.717) is 11.5 Å². The van der Waals surface area contributed by atoms with Crippen LogP contribution < -0.4 is 5.32 Å². The van der Waals surface area contributed by atoms with Crippen LogP contribution in [0, 0.1) is 17.3 Å². The predicted molar refractivity (Wildman–Crippen MR) is 94.8 cm³/mol. The third kappa shape index (κ3) is 6.69. The Morgan fingerprint density at radius 3 is 2.10 bits per heavy atom. The van der Waals surface area contributed by atoms with Crippen molar-refractivity contribution in [1.82, 2.24) is 10.2 Å². The summed E-state index contributed by atoms with van der Waals surface area (Å²) in [6.45, 7) is 13.1. The van der Waals surface area contributed by atoms with Gasteiger partial charge in [-0.3, -0.25) is 0 Å². The highest BCUT2D eigenvalue weighted by Gasteiger charge is 2.32. The van der Waals surface area contributed by atoms with E-state index in [4.69, 9.17) is 0 Å². The van der Waals surface area contributed by atoms with E-state index >= 15 is 0 Å². The number of hydrogen-bond acceptors (Lipinski definition) is 2. The largest absolute Gasteiger partial charge is 0.310 e. The van der Waals surface area contributed by atoms with Gasteiger partial charge in [-0.1, -0.05) is 41.0 Å². The van der Waals surface area contributed by atoms with Gasteiger partial charge in [0.05, 0.1) is 0 Å². The van der Waals surface area contributed by atoms with Gasteiger partial charge in [-0.25, -0.2) is 0 Å². The Labute approximate surface area is 134 Å². The van der Waals surface area contributed by atoms with Crippen molar-refractivity contribution >= 4 is 0 Å². The Morgan fingerprint density at radius 1 is 1.10 bits per heavy atom. The maximum Gasteiger partial charge on any atom is 0.0199 e. The maximum absolute atomic E-state index is 3.97. The van der Waals surface area contributed by atoms with Crippen LogP contribution in [0.3, 0.4) is 0 Å². The zero-order valence-corrected chi connectivity index (χ0v) is 15.7. The second-order valence-electron chi connectivity index (χ2n) is 8.65. The highest BCUT2D eigenvalue weighted by atomic mass is 15.1. The molecule has 0 saturated heterocycles. The van der Waals surface area contributed by atoms with Gasteiger partial charge in [0, 0.05) is 18.6 Å². The fraction of sp³-hybridized carbons (Fsp3) is 1.00. The van der Waals surface area contributed by atoms with Crippen LogP contribution in [0.4, 0.5) is 0 Å². The van der Waals surface area contributed by atoms with E-state index in [2.05, 4.69) is 58.9 Å². The SMILES string of the molecule is CCC(C)(C)C1CCC(NC(CC(C)C)CN(C)C)CC1. The first-order valence-electron chi connectivity index (χ1n) is 9.15. The van der Waals surface area contributed by atoms with Gasteiger partial charge < -0.3 is 10.2 Å². The topological polar surface area (TPSA) is 15.3 Å². The molecule has 0 bridgehead atoms. The first-order chi connectivity index (χ1) is 9.74. The zero-order chi connectivity index (χ0) is 16.0. The highest BCUT2D eigenvalue weighted by molar-refractivity contribution is 4.87. The monoisotopic (exact) mass is 296 g/mol. The van der Waals surface area contributed by atoms with Gasteiger partial charge in [-0.05, 0) is 63.5 Å². The summed E-state index contributed by atoms with van der Waals surface area (Å²) in [5.74, 6) is 1.70. The molecule has 0 aromatic rings. The zero-order valence-electron chi connectivity index (χ0n) is 15.7. The van der Waals surface area contributed by atoms with E-state index in [9.17, 15) is 0 Å². The molecule has 126 valence electrons. The van der Waals surface area contributed by atoms with Crippen LogP contribution in [0.15, 0.2) is 0 Å². The minimum Gasteiger partial charge on any atom is -0.310 e. The molecular weight excluding hydrogens is 256 g/mol. The number of hydrogen-bond donors (Lipinski definition) is 1. The maximum atomic E-state index is 3.97. The van der Waals surface area contributed by atoms with Gasteiger partial charge >= 0.3 is 0 Å². The summed E-state index contributed by atoms with van der Waals surface area (Å²) in [5, 5.41) is 3.97. The van der Waals surface area contributed by atoms with Gasteiger partial charge in [0.2, 0.25) is 0 Å². The summed E-state index contributed by atoms with van der Waals surface area (Å²) in [4.78, 5) is 2.33. The quantitative estimate of drug-likeness (QED) is 0.707. The lowest BCUT2D eigenvalue weighted by Crippen LogP contribution is -2.46. The van der Waals surface area contributed by atoms with E-state index in [1.54, 1.807) is 0 Å². The lowest BCUT2D eigenvalue weighted by molar-refractivity contribution is 0.130. The summed E-state index contributed by atoms with van der Waals surface area (Å²) in [6.07, 6.45) is 8.17. The fourth-order valence-electron chi connectivity index (χ4n) is 3.87. The third-order valence-electron chi connectivity index (χ3n) is 5.56. The van der Waals surface area contributed by atoms with Crippen molar-refractivity contribution < 1.29 is 0 Å². The molecule has 0 aromatic heterocycles. The molecule has 0 aromatic carbocycles. The Bertz CT molecular complexity index is 265. The second-order valence-corrected chi connectivity index (χ2v) is 8.65. The Morgan fingerprint density at radius 2 is 1.67 bits per heavy atom. The molecule has 1 unspecified atom stereocenters. The van der Waals surface area contributed by atoms with Gasteiger partial charge in [0.15, 0.2) is 0 Å². The summed E-state index contributed by atoms with van der Waals surface area (Å²) < 4.78 is 0. The van der Waals surface area contributed by atoms with Crippen molar-refractivity contribution in [3.05, 3.63) is 0 Å². The summed E-state index contributed by atoms with van der Waals surface area (Å²) in [7, 11) is 4.38. The van der Waals surface area contributed by atoms with Crippen LogP contribution >= 0.6 is 0 Å². The number of nitrogens with one attached hydrogen (secondary N) is 1. The molecule has 1 atom stereocenters. The van der Waals surface area contributed by atoms with Gasteiger partial charge in [-0.2, -0.15) is 0 Å². The van der Waals surface area contributed by atoms with E-state index in [-0.39, 0.29) is 0 Å². The van der Waals surface area contributed by atoms with Gasteiger partial charge in [0.25, 0.3) is 0 Å². The van der Waals surface area contributed by atoms with Crippen molar-refractivity contribution in [2.75, 3.05) is 20.6 Å². The number of likely N-dealkylation sites (N-methyl/N-ethyl adjacent to an activating group) is 1. The second kappa shape index (κ2) is 8.53. The molecule has 0 spiro atoms. The molecule has 1 N–H and O–H groups in total. The third-order valence-corrected chi connectivity index (χ3v) is 5.56. The number of rotatable bonds is 8. The fourth-order valence-corrected chi connectivity index (χ4v) is 3.87. The lowest BCUT2D eigenvalue weighted by Gasteiger charge is -2.40. The Kier molecular flexibility index (Phi) is 7.70. The Hall–Kier alpha value is -0.0800. The van der Waals surface area contributed by atoms with E-state index in [0.717, 1.165) is 17.9 Å². The minimum absolute atomic E-state index is 0.534. The van der Waals surface area contributed by atoms with E-state index in [1.807, 2.05) is 0 Å². The van der Waals surface area contributed by atoms with Crippen LogP contribution in [-0.4, -0.2) is 37.6 Å². The van der Waals surface area contributed by atoms with Crippen LogP contribution in [0.1, 0.15) is 73.1 Å². The molecule has 1 fully saturated rings. The molecule has 2 heteroatoms. The van der Waals surface area contributed by atoms with Gasteiger partial charge in [-0.15, -0.1) is 0 Å². The molecule has 1 saturated carbocycles. The predicted octanol–water partition coefficient (Wildman–Crippen LogP) is 4.55. The van der Waals surface area contributed by atoms with Crippen LogP contribution in [0.5, 0.6) is 0 Å². The average Bonchev–Trinajstić information content (AvgIpc) is 2.37. The molecule has 0 aliphatic heterocycles. The van der Waals surface area contributed by atoms with Crippen LogP contribution in [0.25, 0.3) is 0 Å². The van der Waals surface area contributed by atoms with Crippen molar-refractivity contribution in [2.45, 2.75) is 85.2 Å². The summed E-state index contributed by atoms with van der Waals surface area (Å²) >= 11 is 0. The van der Waals surface area contributed by atoms with Crippen LogP contribution in [-0.2, 0) is 0 Å². The van der Waals surface area contributed by atoms with Gasteiger partial charge in [0.1, 0.15) is 0 Å². The summed E-state index contributed by atoms with van der Waals surface area (Å²) in [6, 6.07) is 1.40. The lowest BCUT2D eigenvalue weighted by atomic mass is 9.69. The number of nitrogens with zero attached hydrogens (tertiary/aromatic N) is 1. The Balaban J connectivity index is 2.45. The molecule has 1 rings (SSSR count). The first kappa shape index (κ1) is 19.0. The minimum atomic E-state index is 0.534. The van der Waals surface area contributed by atoms with E-state index in [1.165, 1.54) is 45.1 Å². The average molecular weight is 297 g/mol. The molecule has 0 radical (unpaired) electrons. The van der Waals surface area contributed by atoms with Crippen molar-refractivity contribution in [1.29, 1.82) is 0 Å².